The molecule has 1 amide bonds. The average molecular weight is 620 g/mol. The summed E-state index contributed by atoms with van der Waals surface area (Å²) in [6, 6.07) is 19.3. The molecular formula is C32H30FN3O5S2. The number of anilines is 1. The zero-order valence-corrected chi connectivity index (χ0v) is 25.3. The molecule has 222 valence electrons. The number of aromatic nitrogens is 2. The molecule has 43 heavy (non-hydrogen) atoms. The molecule has 2 heterocycles. The number of ether oxygens (including phenoxy) is 2. The van der Waals surface area contributed by atoms with Crippen LogP contribution in [0.3, 0.4) is 0 Å². The van der Waals surface area contributed by atoms with E-state index in [4.69, 9.17) is 9.47 Å². The van der Waals surface area contributed by atoms with E-state index in [2.05, 4.69) is 10.2 Å². The molecular weight excluding hydrogens is 590 g/mol. The number of carbonyl (C=O) groups excluding carboxylic acids is 2. The van der Waals surface area contributed by atoms with Crippen molar-refractivity contribution in [3.8, 4) is 11.5 Å². The number of amides is 1. The Bertz CT molecular complexity index is 1620. The van der Waals surface area contributed by atoms with E-state index in [-0.39, 0.29) is 22.3 Å². The van der Waals surface area contributed by atoms with E-state index in [1.54, 1.807) is 66.7 Å². The van der Waals surface area contributed by atoms with Gasteiger partial charge in [0.2, 0.25) is 5.13 Å². The molecule has 1 N–H and O–H groups in total. The quantitative estimate of drug-likeness (QED) is 0.0586. The largest absolute Gasteiger partial charge is 0.507 e. The molecule has 1 atom stereocenters. The standard InChI is InChI=1S/C32H30FN3O5S2/c1-3-17-40-23-13-9-20(10-14-23)27-26(28(37)21-11-15-24(16-12-21)41-18-4-2)29(38)30(39)36(27)31-34-35-32(43-31)42-19-22-7-5-6-8-25(22)33/h5-16,27,37H,3-4,17-19H2,1-2H3/b28-26-. The van der Waals surface area contributed by atoms with E-state index < -0.39 is 17.7 Å². The van der Waals surface area contributed by atoms with Gasteiger partial charge in [-0.15, -0.1) is 10.2 Å². The van der Waals surface area contributed by atoms with Crippen LogP contribution in [0.5, 0.6) is 11.5 Å². The maximum absolute atomic E-state index is 14.1. The molecule has 11 heteroatoms. The van der Waals surface area contributed by atoms with Crippen molar-refractivity contribution in [2.45, 2.75) is 42.8 Å². The molecule has 0 bridgehead atoms. The number of rotatable bonds is 12. The highest BCUT2D eigenvalue weighted by atomic mass is 32.2. The Balaban J connectivity index is 1.51. The highest BCUT2D eigenvalue weighted by Gasteiger charge is 2.48. The van der Waals surface area contributed by atoms with E-state index in [9.17, 15) is 19.1 Å². The van der Waals surface area contributed by atoms with Crippen LogP contribution in [0.2, 0.25) is 0 Å². The van der Waals surface area contributed by atoms with Gasteiger partial charge in [0.25, 0.3) is 5.78 Å². The number of thioether (sulfide) groups is 1. The number of hydrogen-bond donors (Lipinski definition) is 1. The molecule has 1 aliphatic heterocycles. The Morgan fingerprint density at radius 1 is 0.930 bits per heavy atom. The summed E-state index contributed by atoms with van der Waals surface area (Å²) in [5.41, 5.74) is 1.41. The van der Waals surface area contributed by atoms with E-state index in [1.165, 1.54) is 22.7 Å². The summed E-state index contributed by atoms with van der Waals surface area (Å²) in [5, 5.41) is 20.0. The van der Waals surface area contributed by atoms with Crippen molar-refractivity contribution in [3.63, 3.8) is 0 Å². The molecule has 0 aliphatic carbocycles. The summed E-state index contributed by atoms with van der Waals surface area (Å²) in [5.74, 6) is -0.695. The van der Waals surface area contributed by atoms with Gasteiger partial charge in [-0.2, -0.15) is 0 Å². The highest BCUT2D eigenvalue weighted by molar-refractivity contribution is 8.00. The summed E-state index contributed by atoms with van der Waals surface area (Å²) < 4.78 is 26.0. The van der Waals surface area contributed by atoms with Crippen molar-refractivity contribution in [3.05, 3.63) is 101 Å². The summed E-state index contributed by atoms with van der Waals surface area (Å²) >= 11 is 2.40. The molecule has 4 aromatic rings. The number of ketones is 1. The van der Waals surface area contributed by atoms with Crippen LogP contribution >= 0.6 is 23.1 Å². The Morgan fingerprint density at radius 2 is 1.56 bits per heavy atom. The molecule has 0 radical (unpaired) electrons. The van der Waals surface area contributed by atoms with Crippen LogP contribution in [-0.4, -0.2) is 40.2 Å². The maximum atomic E-state index is 14.1. The summed E-state index contributed by atoms with van der Waals surface area (Å²) in [6.45, 7) is 5.12. The van der Waals surface area contributed by atoms with Crippen LogP contribution in [-0.2, 0) is 15.3 Å². The number of halogens is 1. The van der Waals surface area contributed by atoms with Crippen LogP contribution in [0.1, 0.15) is 49.4 Å². The summed E-state index contributed by atoms with van der Waals surface area (Å²) in [4.78, 5) is 28.3. The van der Waals surface area contributed by atoms with Gasteiger partial charge >= 0.3 is 5.91 Å². The summed E-state index contributed by atoms with van der Waals surface area (Å²) in [6.07, 6.45) is 1.70. The van der Waals surface area contributed by atoms with Crippen molar-refractivity contribution in [1.29, 1.82) is 0 Å². The van der Waals surface area contributed by atoms with Gasteiger partial charge < -0.3 is 14.6 Å². The first-order valence-corrected chi connectivity index (χ1v) is 15.7. The van der Waals surface area contributed by atoms with Crippen molar-refractivity contribution >= 4 is 45.7 Å². The fourth-order valence-corrected chi connectivity index (χ4v) is 6.36. The molecule has 0 spiro atoms. The van der Waals surface area contributed by atoms with E-state index >= 15 is 0 Å². The lowest BCUT2D eigenvalue weighted by Gasteiger charge is -2.22. The minimum Gasteiger partial charge on any atom is -0.507 e. The summed E-state index contributed by atoms with van der Waals surface area (Å²) in [7, 11) is 0. The van der Waals surface area contributed by atoms with Crippen LogP contribution in [0, 0.1) is 5.82 Å². The van der Waals surface area contributed by atoms with E-state index in [0.29, 0.717) is 51.5 Å². The normalized spacial score (nSPS) is 16.1. The monoisotopic (exact) mass is 619 g/mol. The van der Waals surface area contributed by atoms with Gasteiger partial charge in [-0.1, -0.05) is 67.3 Å². The highest BCUT2D eigenvalue weighted by Crippen LogP contribution is 2.44. The van der Waals surface area contributed by atoms with E-state index in [0.717, 1.165) is 24.2 Å². The molecule has 8 nitrogen and oxygen atoms in total. The van der Waals surface area contributed by atoms with Crippen molar-refractivity contribution in [1.82, 2.24) is 10.2 Å². The second-order valence-corrected chi connectivity index (χ2v) is 11.9. The van der Waals surface area contributed by atoms with Crippen LogP contribution in [0.4, 0.5) is 9.52 Å². The van der Waals surface area contributed by atoms with Gasteiger partial charge in [0.05, 0.1) is 24.8 Å². The first kappa shape index (κ1) is 30.2. The van der Waals surface area contributed by atoms with Crippen LogP contribution in [0.25, 0.3) is 5.76 Å². The number of nitrogens with zero attached hydrogens (tertiary/aromatic N) is 3. The number of carbonyl (C=O) groups is 2. The third-order valence-corrected chi connectivity index (χ3v) is 8.73. The first-order valence-electron chi connectivity index (χ1n) is 13.9. The van der Waals surface area contributed by atoms with Crippen molar-refractivity contribution < 1.29 is 28.6 Å². The fourth-order valence-electron chi connectivity index (χ4n) is 4.51. The lowest BCUT2D eigenvalue weighted by atomic mass is 9.95. The molecule has 1 fully saturated rings. The molecule has 0 saturated carbocycles. The number of hydrogen-bond acceptors (Lipinski definition) is 9. The molecule has 1 unspecified atom stereocenters. The Labute approximate surface area is 257 Å². The van der Waals surface area contributed by atoms with Crippen molar-refractivity contribution in [2.24, 2.45) is 0 Å². The van der Waals surface area contributed by atoms with Gasteiger partial charge in [0.15, 0.2) is 4.34 Å². The predicted octanol–water partition coefficient (Wildman–Crippen LogP) is 7.17. The maximum Gasteiger partial charge on any atom is 0.301 e. The fraction of sp³-hybridized carbons (Fsp3) is 0.250. The third kappa shape index (κ3) is 6.73. The Kier molecular flexibility index (Phi) is 9.73. The minimum atomic E-state index is -0.964. The molecule has 5 rings (SSSR count). The molecule has 3 aromatic carbocycles. The van der Waals surface area contributed by atoms with Gasteiger partial charge in [-0.25, -0.2) is 4.39 Å². The smallest absolute Gasteiger partial charge is 0.301 e. The first-order chi connectivity index (χ1) is 20.9. The zero-order valence-electron chi connectivity index (χ0n) is 23.7. The average Bonchev–Trinajstić information content (AvgIpc) is 3.60. The minimum absolute atomic E-state index is 0.0646. The zero-order chi connectivity index (χ0) is 30.3. The SMILES string of the molecule is CCCOc1ccc(/C(O)=C2/C(=O)C(=O)N(c3nnc(SCc4ccccc4F)s3)C2c2ccc(OCCC)cc2)cc1. The van der Waals surface area contributed by atoms with Crippen LogP contribution in [0.15, 0.2) is 82.7 Å². The Hall–Kier alpha value is -4.22. The number of benzene rings is 3. The third-order valence-electron chi connectivity index (χ3n) is 6.62. The molecule has 1 aliphatic rings. The number of aliphatic hydroxyl groups is 1. The second kappa shape index (κ2) is 13.8. The Morgan fingerprint density at radius 3 is 2.19 bits per heavy atom. The second-order valence-electron chi connectivity index (χ2n) is 9.69. The predicted molar refractivity (Wildman–Crippen MR) is 165 cm³/mol. The topological polar surface area (TPSA) is 102 Å². The van der Waals surface area contributed by atoms with Gasteiger partial charge in [-0.3, -0.25) is 14.5 Å². The van der Waals surface area contributed by atoms with Gasteiger partial charge in [0, 0.05) is 11.3 Å². The van der Waals surface area contributed by atoms with Gasteiger partial charge in [0.1, 0.15) is 23.1 Å². The number of aliphatic hydroxyl groups excluding tert-OH is 1. The lowest BCUT2D eigenvalue weighted by Crippen LogP contribution is -2.29. The van der Waals surface area contributed by atoms with Gasteiger partial charge in [-0.05, 0) is 66.4 Å². The molecule has 1 saturated heterocycles. The molecule has 1 aromatic heterocycles. The number of Topliss-reactive ketones (excluding diaryl/α,β-unsaturated/α-hetero) is 1. The van der Waals surface area contributed by atoms with E-state index in [1.807, 2.05) is 13.8 Å². The lowest BCUT2D eigenvalue weighted by molar-refractivity contribution is -0.132. The van der Waals surface area contributed by atoms with Crippen LogP contribution < -0.4 is 14.4 Å². The van der Waals surface area contributed by atoms with Crippen molar-refractivity contribution in [2.75, 3.05) is 18.1 Å².